The molecule has 0 saturated heterocycles. The summed E-state index contributed by atoms with van der Waals surface area (Å²) in [6.07, 6.45) is 8.32. The lowest BCUT2D eigenvalue weighted by Crippen LogP contribution is -2.07. The lowest BCUT2D eigenvalue weighted by Gasteiger charge is -2.26. The fraction of sp³-hybridized carbons (Fsp3) is 0.312. The van der Waals surface area contributed by atoms with E-state index in [1.54, 1.807) is 0 Å². The molecule has 0 bridgehead atoms. The number of allylic oxidation sites excluding steroid dienone is 8. The van der Waals surface area contributed by atoms with Crippen molar-refractivity contribution in [3.8, 4) is 0 Å². The second kappa shape index (κ2) is 10.2. The van der Waals surface area contributed by atoms with Gasteiger partial charge in [-0.15, -0.1) is 0 Å². The molecule has 0 heterocycles. The van der Waals surface area contributed by atoms with Gasteiger partial charge in [-0.25, -0.2) is 0 Å². The molecule has 32 heavy (non-hydrogen) atoms. The van der Waals surface area contributed by atoms with Crippen molar-refractivity contribution in [1.29, 1.82) is 0 Å². The van der Waals surface area contributed by atoms with Crippen LogP contribution in [0.2, 0.25) is 0 Å². The molecule has 2 aromatic rings. The van der Waals surface area contributed by atoms with E-state index in [9.17, 15) is 0 Å². The van der Waals surface area contributed by atoms with Crippen LogP contribution >= 0.6 is 0 Å². The molecule has 0 heteroatoms. The molecule has 0 nitrogen and oxygen atoms in total. The highest BCUT2D eigenvalue weighted by molar-refractivity contribution is 5.86. The molecule has 0 saturated carbocycles. The maximum atomic E-state index is 4.51. The van der Waals surface area contributed by atoms with Gasteiger partial charge in [-0.3, -0.25) is 0 Å². The number of rotatable bonds is 7. The van der Waals surface area contributed by atoms with Crippen LogP contribution in [0.15, 0.2) is 89.6 Å². The van der Waals surface area contributed by atoms with E-state index in [1.165, 1.54) is 66.8 Å². The first-order valence-electron chi connectivity index (χ1n) is 11.9. The number of benzene rings is 2. The molecule has 1 aliphatic carbocycles. The summed E-state index contributed by atoms with van der Waals surface area (Å²) < 4.78 is 0. The molecule has 166 valence electrons. The van der Waals surface area contributed by atoms with Crippen LogP contribution in [0.4, 0.5) is 0 Å². The summed E-state index contributed by atoms with van der Waals surface area (Å²) in [5.41, 5.74) is 16.2. The number of hydrogen-bond donors (Lipinski definition) is 0. The zero-order chi connectivity index (χ0) is 23.4. The van der Waals surface area contributed by atoms with E-state index >= 15 is 0 Å². The van der Waals surface area contributed by atoms with Crippen molar-refractivity contribution in [3.63, 3.8) is 0 Å². The van der Waals surface area contributed by atoms with Crippen LogP contribution in [0, 0.1) is 20.8 Å². The summed E-state index contributed by atoms with van der Waals surface area (Å²) in [6, 6.07) is 13.4. The molecule has 2 aromatic carbocycles. The zero-order valence-electron chi connectivity index (χ0n) is 20.9. The molecule has 0 radical (unpaired) electrons. The molecule has 1 aliphatic rings. The van der Waals surface area contributed by atoms with Crippen molar-refractivity contribution in [2.24, 2.45) is 0 Å². The van der Waals surface area contributed by atoms with Crippen LogP contribution in [-0.4, -0.2) is 0 Å². The maximum Gasteiger partial charge on any atom is -0.00168 e. The lowest BCUT2D eigenvalue weighted by molar-refractivity contribution is 0.960. The molecule has 0 fully saturated rings. The smallest absolute Gasteiger partial charge is 0.00168 e. The van der Waals surface area contributed by atoms with Gasteiger partial charge in [0.15, 0.2) is 0 Å². The number of hydrogen-bond acceptors (Lipinski definition) is 0. The van der Waals surface area contributed by atoms with E-state index in [1.807, 2.05) is 6.08 Å². The molecular formula is C32H38. The third-order valence-corrected chi connectivity index (χ3v) is 6.82. The second-order valence-electron chi connectivity index (χ2n) is 9.16. The Hall–Kier alpha value is -2.86. The van der Waals surface area contributed by atoms with E-state index in [4.69, 9.17) is 0 Å². The summed E-state index contributed by atoms with van der Waals surface area (Å²) in [5, 5.41) is 0. The van der Waals surface area contributed by atoms with Gasteiger partial charge in [0.05, 0.1) is 0 Å². The van der Waals surface area contributed by atoms with Crippen molar-refractivity contribution >= 4 is 5.57 Å². The Labute approximate surface area is 195 Å². The van der Waals surface area contributed by atoms with Gasteiger partial charge in [0.2, 0.25) is 0 Å². The highest BCUT2D eigenvalue weighted by Crippen LogP contribution is 2.41. The molecule has 0 aromatic heterocycles. The van der Waals surface area contributed by atoms with Gasteiger partial charge >= 0.3 is 0 Å². The van der Waals surface area contributed by atoms with Crippen molar-refractivity contribution in [2.45, 2.75) is 67.2 Å². The normalized spacial score (nSPS) is 14.9. The fourth-order valence-corrected chi connectivity index (χ4v) is 5.13. The van der Waals surface area contributed by atoms with E-state index in [2.05, 4.69) is 97.2 Å². The second-order valence-corrected chi connectivity index (χ2v) is 9.16. The fourth-order valence-electron chi connectivity index (χ4n) is 5.13. The van der Waals surface area contributed by atoms with Crippen LogP contribution in [0.25, 0.3) is 5.57 Å². The Morgan fingerprint density at radius 2 is 1.69 bits per heavy atom. The topological polar surface area (TPSA) is 0 Å². The van der Waals surface area contributed by atoms with E-state index < -0.39 is 0 Å². The first-order chi connectivity index (χ1) is 15.3. The zero-order valence-corrected chi connectivity index (χ0v) is 20.9. The Bertz CT molecular complexity index is 1120. The van der Waals surface area contributed by atoms with E-state index in [0.717, 1.165) is 25.7 Å². The standard InChI is InChI=1S/C32H38/c1-9-26-17-21(4)15-16-28(26)18-24(7)29(11-3)31-19-25(8)30(20-27(31)10-2)32-22(5)13-12-14-23(32)6/h10,12-17,20H,2,8-9,11,18-19H2,1,3-7H3/b29-24+. The van der Waals surface area contributed by atoms with Crippen molar-refractivity contribution in [1.82, 2.24) is 0 Å². The van der Waals surface area contributed by atoms with Crippen LogP contribution < -0.4 is 0 Å². The molecule has 3 rings (SSSR count). The van der Waals surface area contributed by atoms with Gasteiger partial charge < -0.3 is 0 Å². The van der Waals surface area contributed by atoms with Gasteiger partial charge in [-0.05, 0) is 115 Å². The predicted molar refractivity (Wildman–Crippen MR) is 142 cm³/mol. The van der Waals surface area contributed by atoms with Crippen molar-refractivity contribution in [2.75, 3.05) is 0 Å². The Kier molecular flexibility index (Phi) is 7.56. The maximum absolute atomic E-state index is 4.51. The largest absolute Gasteiger partial charge is 0.0985 e. The summed E-state index contributed by atoms with van der Waals surface area (Å²) in [7, 11) is 0. The van der Waals surface area contributed by atoms with E-state index in [-0.39, 0.29) is 0 Å². The first-order valence-corrected chi connectivity index (χ1v) is 11.9. The summed E-state index contributed by atoms with van der Waals surface area (Å²) in [6.45, 7) is 22.1. The minimum Gasteiger partial charge on any atom is -0.0985 e. The van der Waals surface area contributed by atoms with Gasteiger partial charge in [0.25, 0.3) is 0 Å². The minimum absolute atomic E-state index is 0.885. The predicted octanol–water partition coefficient (Wildman–Crippen LogP) is 8.97. The highest BCUT2D eigenvalue weighted by atomic mass is 14.3. The van der Waals surface area contributed by atoms with Gasteiger partial charge in [0.1, 0.15) is 0 Å². The average Bonchev–Trinajstić information content (AvgIpc) is 2.76. The summed E-state index contributed by atoms with van der Waals surface area (Å²) >= 11 is 0. The monoisotopic (exact) mass is 422 g/mol. The quantitative estimate of drug-likeness (QED) is 0.417. The van der Waals surface area contributed by atoms with Crippen LogP contribution in [0.5, 0.6) is 0 Å². The minimum atomic E-state index is 0.885. The first kappa shape index (κ1) is 23.8. The van der Waals surface area contributed by atoms with E-state index in [0.29, 0.717) is 0 Å². The van der Waals surface area contributed by atoms with Gasteiger partial charge in [0, 0.05) is 0 Å². The van der Waals surface area contributed by atoms with Crippen LogP contribution in [0.1, 0.15) is 67.0 Å². The average molecular weight is 423 g/mol. The molecule has 0 atom stereocenters. The Morgan fingerprint density at radius 1 is 1.00 bits per heavy atom. The lowest BCUT2D eigenvalue weighted by atomic mass is 9.78. The van der Waals surface area contributed by atoms with Crippen molar-refractivity contribution < 1.29 is 0 Å². The van der Waals surface area contributed by atoms with Gasteiger partial charge in [-0.1, -0.05) is 80.6 Å². The molecule has 0 aliphatic heterocycles. The molecule has 0 amide bonds. The molecule has 0 unspecified atom stereocenters. The number of aryl methyl sites for hydroxylation is 4. The summed E-state index contributed by atoms with van der Waals surface area (Å²) in [4.78, 5) is 0. The third-order valence-electron chi connectivity index (χ3n) is 6.82. The summed E-state index contributed by atoms with van der Waals surface area (Å²) in [5.74, 6) is 0. The van der Waals surface area contributed by atoms with Crippen molar-refractivity contribution in [3.05, 3.63) is 123 Å². The third kappa shape index (κ3) is 4.80. The highest BCUT2D eigenvalue weighted by Gasteiger charge is 2.21. The molecule has 0 N–H and O–H groups in total. The van der Waals surface area contributed by atoms with Crippen LogP contribution in [-0.2, 0) is 12.8 Å². The molecular weight excluding hydrogens is 384 g/mol. The molecule has 0 spiro atoms. The SMILES string of the molecule is C=CC1=C(/C(CC)=C(\C)Cc2ccc(C)cc2CC)CC(=C)C(c2c(C)cccc2C)=C1. The Morgan fingerprint density at radius 3 is 2.28 bits per heavy atom. The van der Waals surface area contributed by atoms with Crippen LogP contribution in [0.3, 0.4) is 0 Å². The Balaban J connectivity index is 2.09. The van der Waals surface area contributed by atoms with Gasteiger partial charge in [-0.2, -0.15) is 0 Å².